The highest BCUT2D eigenvalue weighted by Gasteiger charge is 2.31. The Morgan fingerprint density at radius 2 is 2.15 bits per heavy atom. The van der Waals surface area contributed by atoms with Crippen molar-refractivity contribution in [1.29, 1.82) is 0 Å². The summed E-state index contributed by atoms with van der Waals surface area (Å²) < 4.78 is 37.0. The van der Waals surface area contributed by atoms with Crippen molar-refractivity contribution in [2.45, 2.75) is 6.18 Å². The average molecular weight is 365 g/mol. The maximum absolute atomic E-state index is 12.3. The molecule has 3 aromatic rings. The van der Waals surface area contributed by atoms with Gasteiger partial charge in [-0.05, 0) is 6.07 Å². The van der Waals surface area contributed by atoms with Crippen LogP contribution in [-0.2, 0) is 4.79 Å². The molecule has 26 heavy (non-hydrogen) atoms. The van der Waals surface area contributed by atoms with Crippen molar-refractivity contribution in [3.8, 4) is 11.4 Å². The Bertz CT molecular complexity index is 925. The van der Waals surface area contributed by atoms with Gasteiger partial charge in [-0.2, -0.15) is 13.2 Å². The van der Waals surface area contributed by atoms with Crippen molar-refractivity contribution < 1.29 is 18.0 Å². The van der Waals surface area contributed by atoms with Crippen LogP contribution < -0.4 is 5.32 Å². The molecule has 0 radical (unpaired) electrons. The van der Waals surface area contributed by atoms with Crippen LogP contribution in [0.25, 0.3) is 22.4 Å². The van der Waals surface area contributed by atoms with E-state index in [-0.39, 0.29) is 6.54 Å². The number of alkyl halides is 3. The zero-order valence-corrected chi connectivity index (χ0v) is 13.6. The number of halogens is 3. The second-order valence-electron chi connectivity index (χ2n) is 5.47. The second-order valence-corrected chi connectivity index (χ2v) is 5.47. The van der Waals surface area contributed by atoms with E-state index >= 15 is 0 Å². The monoisotopic (exact) mass is 365 g/mol. The van der Waals surface area contributed by atoms with Gasteiger partial charge in [0, 0.05) is 36.6 Å². The SMILES string of the molecule is CN(CC(F)(F)F)C(=O)CNc1ccnc(-c2c[nH]c3ncncc23)n1. The van der Waals surface area contributed by atoms with Gasteiger partial charge in [-0.25, -0.2) is 19.9 Å². The molecule has 0 aliphatic rings. The van der Waals surface area contributed by atoms with E-state index in [1.165, 1.54) is 18.6 Å². The van der Waals surface area contributed by atoms with E-state index in [2.05, 4.69) is 30.2 Å². The quantitative estimate of drug-likeness (QED) is 0.716. The van der Waals surface area contributed by atoms with Crippen LogP contribution in [0.4, 0.5) is 19.0 Å². The number of H-pyrrole nitrogens is 1. The molecule has 0 aromatic carbocycles. The van der Waals surface area contributed by atoms with Crippen LogP contribution in [0.5, 0.6) is 0 Å². The Balaban J connectivity index is 1.71. The van der Waals surface area contributed by atoms with Gasteiger partial charge >= 0.3 is 6.18 Å². The molecule has 0 aliphatic heterocycles. The van der Waals surface area contributed by atoms with Crippen LogP contribution in [-0.4, -0.2) is 62.0 Å². The van der Waals surface area contributed by atoms with Crippen molar-refractivity contribution >= 4 is 22.8 Å². The minimum absolute atomic E-state index is 0.315. The van der Waals surface area contributed by atoms with Crippen LogP contribution in [0.15, 0.2) is 31.0 Å². The summed E-state index contributed by atoms with van der Waals surface area (Å²) in [5, 5.41) is 3.44. The summed E-state index contributed by atoms with van der Waals surface area (Å²) >= 11 is 0. The fourth-order valence-electron chi connectivity index (χ4n) is 2.29. The Kier molecular flexibility index (Phi) is 4.69. The number of fused-ring (bicyclic) bond motifs is 1. The molecular formula is C15H14F3N7O. The molecule has 0 spiro atoms. The molecule has 2 N–H and O–H groups in total. The van der Waals surface area contributed by atoms with Gasteiger partial charge in [-0.1, -0.05) is 0 Å². The summed E-state index contributed by atoms with van der Waals surface area (Å²) in [4.78, 5) is 31.8. The number of hydrogen-bond donors (Lipinski definition) is 2. The maximum atomic E-state index is 12.3. The van der Waals surface area contributed by atoms with Gasteiger partial charge in [0.2, 0.25) is 5.91 Å². The third-order valence-electron chi connectivity index (χ3n) is 3.52. The van der Waals surface area contributed by atoms with Crippen LogP contribution in [0.2, 0.25) is 0 Å². The largest absolute Gasteiger partial charge is 0.406 e. The number of nitrogens with one attached hydrogen (secondary N) is 2. The van der Waals surface area contributed by atoms with Gasteiger partial charge in [-0.3, -0.25) is 4.79 Å². The minimum Gasteiger partial charge on any atom is -0.361 e. The smallest absolute Gasteiger partial charge is 0.361 e. The van der Waals surface area contributed by atoms with E-state index < -0.39 is 18.6 Å². The topological polar surface area (TPSA) is 99.7 Å². The number of amides is 1. The van der Waals surface area contributed by atoms with Gasteiger partial charge in [0.05, 0.1) is 6.54 Å². The third-order valence-corrected chi connectivity index (χ3v) is 3.52. The Labute approximate surface area is 145 Å². The van der Waals surface area contributed by atoms with E-state index in [1.54, 1.807) is 12.4 Å². The van der Waals surface area contributed by atoms with Gasteiger partial charge in [0.15, 0.2) is 5.82 Å². The lowest BCUT2D eigenvalue weighted by atomic mass is 10.2. The fourth-order valence-corrected chi connectivity index (χ4v) is 2.29. The van der Waals surface area contributed by atoms with Crippen molar-refractivity contribution in [3.63, 3.8) is 0 Å². The Hall–Kier alpha value is -3.24. The first-order valence-electron chi connectivity index (χ1n) is 7.48. The van der Waals surface area contributed by atoms with Gasteiger partial charge in [-0.15, -0.1) is 0 Å². The predicted octanol–water partition coefficient (Wildman–Crippen LogP) is 1.85. The zero-order chi connectivity index (χ0) is 18.7. The van der Waals surface area contributed by atoms with Crippen LogP contribution in [0.3, 0.4) is 0 Å². The summed E-state index contributed by atoms with van der Waals surface area (Å²) in [6, 6.07) is 1.52. The molecule has 8 nitrogen and oxygen atoms in total. The first-order chi connectivity index (χ1) is 12.3. The number of likely N-dealkylation sites (N-methyl/N-ethyl adjacent to an activating group) is 1. The number of hydrogen-bond acceptors (Lipinski definition) is 6. The highest BCUT2D eigenvalue weighted by atomic mass is 19.4. The molecule has 1 amide bonds. The van der Waals surface area contributed by atoms with Gasteiger partial charge in [0.25, 0.3) is 0 Å². The van der Waals surface area contributed by atoms with Gasteiger partial charge < -0.3 is 15.2 Å². The molecule has 3 rings (SSSR count). The molecule has 0 atom stereocenters. The summed E-state index contributed by atoms with van der Waals surface area (Å²) in [5.41, 5.74) is 1.30. The Morgan fingerprint density at radius 1 is 1.35 bits per heavy atom. The number of rotatable bonds is 5. The molecular weight excluding hydrogens is 351 g/mol. The normalized spacial score (nSPS) is 11.5. The zero-order valence-electron chi connectivity index (χ0n) is 13.6. The number of aromatic amines is 1. The lowest BCUT2D eigenvalue weighted by Gasteiger charge is -2.19. The highest BCUT2D eigenvalue weighted by molar-refractivity contribution is 5.91. The first kappa shape index (κ1) is 17.6. The lowest BCUT2D eigenvalue weighted by Crippen LogP contribution is -2.39. The number of aromatic nitrogens is 5. The molecule has 0 saturated carbocycles. The number of nitrogens with zero attached hydrogens (tertiary/aromatic N) is 5. The van der Waals surface area contributed by atoms with Gasteiger partial charge in [0.1, 0.15) is 24.3 Å². The number of anilines is 1. The van der Waals surface area contributed by atoms with Crippen molar-refractivity contribution in [2.75, 3.05) is 25.5 Å². The summed E-state index contributed by atoms with van der Waals surface area (Å²) in [7, 11) is 1.09. The van der Waals surface area contributed by atoms with E-state index in [9.17, 15) is 18.0 Å². The molecule has 136 valence electrons. The molecule has 0 saturated heterocycles. The summed E-state index contributed by atoms with van der Waals surface area (Å²) in [6.45, 7) is -1.63. The minimum atomic E-state index is -4.44. The molecule has 3 aromatic heterocycles. The summed E-state index contributed by atoms with van der Waals surface area (Å²) in [6.07, 6.45) is 1.75. The third kappa shape index (κ3) is 4.05. The van der Waals surface area contributed by atoms with E-state index in [1.807, 2.05) is 0 Å². The van der Waals surface area contributed by atoms with Crippen LogP contribution >= 0.6 is 0 Å². The van der Waals surface area contributed by atoms with Crippen molar-refractivity contribution in [2.24, 2.45) is 0 Å². The lowest BCUT2D eigenvalue weighted by molar-refractivity contribution is -0.157. The molecule has 11 heteroatoms. The molecule has 0 bridgehead atoms. The van der Waals surface area contributed by atoms with E-state index in [0.29, 0.717) is 27.8 Å². The first-order valence-corrected chi connectivity index (χ1v) is 7.48. The van der Waals surface area contributed by atoms with E-state index in [4.69, 9.17) is 0 Å². The molecule has 0 fully saturated rings. The highest BCUT2D eigenvalue weighted by Crippen LogP contribution is 2.24. The average Bonchev–Trinajstić information content (AvgIpc) is 3.02. The molecule has 3 heterocycles. The maximum Gasteiger partial charge on any atom is 0.406 e. The molecule has 0 aliphatic carbocycles. The predicted molar refractivity (Wildman–Crippen MR) is 87.1 cm³/mol. The van der Waals surface area contributed by atoms with Crippen molar-refractivity contribution in [3.05, 3.63) is 31.0 Å². The summed E-state index contributed by atoms with van der Waals surface area (Å²) in [5.74, 6) is -0.0231. The second kappa shape index (κ2) is 6.94. The Morgan fingerprint density at radius 3 is 2.92 bits per heavy atom. The van der Waals surface area contributed by atoms with Crippen molar-refractivity contribution in [1.82, 2.24) is 29.8 Å². The van der Waals surface area contributed by atoms with Crippen LogP contribution in [0, 0.1) is 0 Å². The fraction of sp³-hybridized carbons (Fsp3) is 0.267. The molecule has 0 unspecified atom stereocenters. The standard InChI is InChI=1S/C15H14F3N7O/c1-25(7-15(16,17)18)12(26)6-21-11-2-3-20-14(24-11)10-5-22-13-9(10)4-19-8-23-13/h2-5,8H,6-7H2,1H3,(H,19,22,23)(H,20,21,24). The van der Waals surface area contributed by atoms with E-state index in [0.717, 1.165) is 12.4 Å². The van der Waals surface area contributed by atoms with Crippen LogP contribution in [0.1, 0.15) is 0 Å². The number of carbonyl (C=O) groups is 1. The number of carbonyl (C=O) groups excluding carboxylic acids is 1.